The molecule has 2 nitrogen and oxygen atoms in total. The van der Waals surface area contributed by atoms with Crippen LogP contribution < -0.4 is 0 Å². The van der Waals surface area contributed by atoms with Gasteiger partial charge in [-0.25, -0.2) is 0 Å². The fourth-order valence-corrected chi connectivity index (χ4v) is 1.74. The van der Waals surface area contributed by atoms with E-state index in [1.807, 2.05) is 12.2 Å². The first-order chi connectivity index (χ1) is 7.83. The highest BCUT2D eigenvalue weighted by Crippen LogP contribution is 2.13. The van der Waals surface area contributed by atoms with Gasteiger partial charge in [0, 0.05) is 0 Å². The predicted molar refractivity (Wildman–Crippen MR) is 65.9 cm³/mol. The van der Waals surface area contributed by atoms with E-state index in [-0.39, 0.29) is 5.97 Å². The maximum Gasteiger partial charge on any atom is 0.315 e. The fourth-order valence-electron chi connectivity index (χ4n) is 1.74. The Bertz CT molecular complexity index is 264. The van der Waals surface area contributed by atoms with Crippen molar-refractivity contribution in [2.45, 2.75) is 58.3 Å². The summed E-state index contributed by atoms with van der Waals surface area (Å²) >= 11 is 0. The molecule has 0 N–H and O–H groups in total. The number of carbonyl (C=O) groups is 1. The molecule has 0 saturated heterocycles. The van der Waals surface area contributed by atoms with Gasteiger partial charge in [-0.1, -0.05) is 45.1 Å². The maximum atomic E-state index is 10.8. The number of carbonyl (C=O) groups excluding carboxylic acids is 1. The molecule has 0 aromatic carbocycles. The van der Waals surface area contributed by atoms with E-state index in [0.717, 1.165) is 12.2 Å². The number of hydrogen-bond donors (Lipinski definition) is 0. The highest BCUT2D eigenvalue weighted by atomic mass is 16.5. The molecule has 2 heteroatoms. The van der Waals surface area contributed by atoms with Gasteiger partial charge in [0.1, 0.15) is 5.76 Å². The predicted octanol–water partition coefficient (Wildman–Crippen LogP) is 4.12. The Labute approximate surface area is 98.4 Å². The van der Waals surface area contributed by atoms with Crippen LogP contribution in [0.4, 0.5) is 0 Å². The van der Waals surface area contributed by atoms with E-state index in [0.29, 0.717) is 6.42 Å². The van der Waals surface area contributed by atoms with Crippen LogP contribution in [0.3, 0.4) is 0 Å². The summed E-state index contributed by atoms with van der Waals surface area (Å²) in [5, 5.41) is 0. The Morgan fingerprint density at radius 1 is 1.25 bits per heavy atom. The lowest BCUT2D eigenvalue weighted by Gasteiger charge is -1.98. The van der Waals surface area contributed by atoms with Crippen LogP contribution in [0.2, 0.25) is 0 Å². The van der Waals surface area contributed by atoms with Crippen LogP contribution in [-0.4, -0.2) is 5.97 Å². The van der Waals surface area contributed by atoms with Gasteiger partial charge in [0.2, 0.25) is 0 Å². The van der Waals surface area contributed by atoms with Gasteiger partial charge in [-0.05, 0) is 25.0 Å². The minimum absolute atomic E-state index is 0.140. The van der Waals surface area contributed by atoms with Crippen LogP contribution in [-0.2, 0) is 9.53 Å². The molecular weight excluding hydrogens is 200 g/mol. The minimum atomic E-state index is -0.140. The number of ether oxygens (including phenoxy) is 1. The number of unbranched alkanes of at least 4 members (excludes halogenated alkanes) is 6. The number of rotatable bonds is 8. The number of allylic oxidation sites excluding steroid dienone is 2. The molecule has 0 spiro atoms. The Hall–Kier alpha value is -1.05. The molecule has 0 atom stereocenters. The maximum absolute atomic E-state index is 10.8. The van der Waals surface area contributed by atoms with Gasteiger partial charge in [-0.3, -0.25) is 4.79 Å². The van der Waals surface area contributed by atoms with Crippen LogP contribution in [0.25, 0.3) is 0 Å². The van der Waals surface area contributed by atoms with Crippen LogP contribution in [0.15, 0.2) is 24.0 Å². The van der Waals surface area contributed by atoms with Gasteiger partial charge in [0.25, 0.3) is 0 Å². The summed E-state index contributed by atoms with van der Waals surface area (Å²) in [6.45, 7) is 2.24. The minimum Gasteiger partial charge on any atom is -0.427 e. The average molecular weight is 222 g/mol. The monoisotopic (exact) mass is 222 g/mol. The normalized spacial score (nSPS) is 15.6. The molecule has 0 aromatic rings. The van der Waals surface area contributed by atoms with Gasteiger partial charge < -0.3 is 4.74 Å². The highest BCUT2D eigenvalue weighted by Gasteiger charge is 2.10. The largest absolute Gasteiger partial charge is 0.427 e. The lowest BCUT2D eigenvalue weighted by molar-refractivity contribution is -0.136. The van der Waals surface area contributed by atoms with Gasteiger partial charge in [0.15, 0.2) is 0 Å². The van der Waals surface area contributed by atoms with Crippen molar-refractivity contribution in [1.29, 1.82) is 0 Å². The van der Waals surface area contributed by atoms with Crippen LogP contribution in [0.1, 0.15) is 58.3 Å². The van der Waals surface area contributed by atoms with E-state index >= 15 is 0 Å². The van der Waals surface area contributed by atoms with Crippen LogP contribution in [0, 0.1) is 0 Å². The third-order valence-corrected chi connectivity index (χ3v) is 2.71. The van der Waals surface area contributed by atoms with E-state index in [1.54, 1.807) is 0 Å². The third-order valence-electron chi connectivity index (χ3n) is 2.71. The lowest BCUT2D eigenvalue weighted by Crippen LogP contribution is -1.91. The fraction of sp³-hybridized carbons (Fsp3) is 0.643. The molecule has 1 heterocycles. The van der Waals surface area contributed by atoms with Crippen molar-refractivity contribution in [2.75, 3.05) is 0 Å². The van der Waals surface area contributed by atoms with Crippen molar-refractivity contribution in [2.24, 2.45) is 0 Å². The van der Waals surface area contributed by atoms with Crippen molar-refractivity contribution in [3.05, 3.63) is 24.0 Å². The van der Waals surface area contributed by atoms with Crippen molar-refractivity contribution in [3.8, 4) is 0 Å². The van der Waals surface area contributed by atoms with Crippen molar-refractivity contribution in [1.82, 2.24) is 0 Å². The third kappa shape index (κ3) is 5.74. The molecule has 0 fully saturated rings. The molecule has 0 saturated carbocycles. The summed E-state index contributed by atoms with van der Waals surface area (Å²) < 4.78 is 4.96. The quantitative estimate of drug-likeness (QED) is 0.456. The lowest BCUT2D eigenvalue weighted by atomic mass is 10.1. The number of cyclic esters (lactones) is 1. The van der Waals surface area contributed by atoms with Crippen molar-refractivity contribution in [3.63, 3.8) is 0 Å². The molecule has 0 bridgehead atoms. The summed E-state index contributed by atoms with van der Waals surface area (Å²) in [5.74, 6) is 0.579. The van der Waals surface area contributed by atoms with Gasteiger partial charge in [0.05, 0.1) is 6.42 Å². The molecule has 16 heavy (non-hydrogen) atoms. The topological polar surface area (TPSA) is 26.3 Å². The summed E-state index contributed by atoms with van der Waals surface area (Å²) in [5.41, 5.74) is 0. The SMILES string of the molecule is CCCCCCCC/C=C/C1=CCC(=O)O1. The van der Waals surface area contributed by atoms with Crippen molar-refractivity contribution < 1.29 is 9.53 Å². The van der Waals surface area contributed by atoms with E-state index in [4.69, 9.17) is 4.74 Å². The highest BCUT2D eigenvalue weighted by molar-refractivity contribution is 5.75. The summed E-state index contributed by atoms with van der Waals surface area (Å²) in [6.07, 6.45) is 15.3. The first kappa shape index (κ1) is 13.0. The standard InChI is InChI=1S/C14H22O2/c1-2-3-4-5-6-7-8-9-10-13-11-12-14(15)16-13/h9-11H,2-8,12H2,1H3/b10-9+. The van der Waals surface area contributed by atoms with Crippen LogP contribution >= 0.6 is 0 Å². The molecule has 90 valence electrons. The second-order valence-electron chi connectivity index (χ2n) is 4.24. The first-order valence-corrected chi connectivity index (χ1v) is 6.40. The number of esters is 1. The van der Waals surface area contributed by atoms with Crippen LogP contribution in [0.5, 0.6) is 0 Å². The molecule has 0 aliphatic carbocycles. The first-order valence-electron chi connectivity index (χ1n) is 6.40. The number of hydrogen-bond acceptors (Lipinski definition) is 2. The molecule has 0 radical (unpaired) electrons. The van der Waals surface area contributed by atoms with Crippen molar-refractivity contribution >= 4 is 5.97 Å². The second-order valence-corrected chi connectivity index (χ2v) is 4.24. The molecule has 0 amide bonds. The molecule has 0 unspecified atom stereocenters. The van der Waals surface area contributed by atoms with E-state index in [9.17, 15) is 4.79 Å². The Morgan fingerprint density at radius 3 is 2.69 bits per heavy atom. The summed E-state index contributed by atoms with van der Waals surface area (Å²) in [4.78, 5) is 10.8. The van der Waals surface area contributed by atoms with Gasteiger partial charge >= 0.3 is 5.97 Å². The zero-order valence-electron chi connectivity index (χ0n) is 10.2. The summed E-state index contributed by atoms with van der Waals surface area (Å²) in [7, 11) is 0. The Morgan fingerprint density at radius 2 is 2.00 bits per heavy atom. The molecule has 1 aliphatic heterocycles. The molecule has 1 aliphatic rings. The zero-order valence-corrected chi connectivity index (χ0v) is 10.2. The summed E-state index contributed by atoms with van der Waals surface area (Å²) in [6, 6.07) is 0. The molecular formula is C14H22O2. The van der Waals surface area contributed by atoms with E-state index in [1.165, 1.54) is 38.5 Å². The van der Waals surface area contributed by atoms with E-state index < -0.39 is 0 Å². The molecule has 0 aromatic heterocycles. The Balaban J connectivity index is 1.94. The smallest absolute Gasteiger partial charge is 0.315 e. The van der Waals surface area contributed by atoms with Gasteiger partial charge in [-0.2, -0.15) is 0 Å². The second kappa shape index (κ2) is 8.14. The zero-order chi connectivity index (χ0) is 11.6. The molecule has 1 rings (SSSR count). The Kier molecular flexibility index (Phi) is 6.62. The van der Waals surface area contributed by atoms with E-state index in [2.05, 4.69) is 13.0 Å². The van der Waals surface area contributed by atoms with Gasteiger partial charge in [-0.15, -0.1) is 0 Å². The average Bonchev–Trinajstić information content (AvgIpc) is 2.68.